The fourth-order valence-electron chi connectivity index (χ4n) is 0.702. The number of nitrogens with zero attached hydrogens (tertiary/aromatic N) is 2. The third kappa shape index (κ3) is 2.90. The van der Waals surface area contributed by atoms with Gasteiger partial charge in [-0.05, 0) is 0 Å². The van der Waals surface area contributed by atoms with Crippen molar-refractivity contribution in [2.75, 3.05) is 18.2 Å². The van der Waals surface area contributed by atoms with Crippen LogP contribution >= 0.6 is 12.6 Å². The van der Waals surface area contributed by atoms with Gasteiger partial charge in [0.1, 0.15) is 12.1 Å². The Labute approximate surface area is 80.9 Å². The molecule has 0 radical (unpaired) electrons. The molecule has 0 unspecified atom stereocenters. The largest absolute Gasteiger partial charge is 0.481 e. The average Bonchev–Trinajstić information content (AvgIpc) is 2.18. The minimum Gasteiger partial charge on any atom is -0.481 e. The van der Waals surface area contributed by atoms with Crippen LogP contribution in [0.1, 0.15) is 0 Å². The van der Waals surface area contributed by atoms with E-state index in [1.807, 2.05) is 0 Å². The molecule has 1 N–H and O–H groups in total. The lowest BCUT2D eigenvalue weighted by Gasteiger charge is -2.02. The molecule has 0 spiro atoms. The van der Waals surface area contributed by atoms with Crippen molar-refractivity contribution in [1.29, 1.82) is 0 Å². The van der Waals surface area contributed by atoms with Crippen LogP contribution in [0.3, 0.4) is 0 Å². The number of carbonyl (C=O) groups is 1. The molecule has 0 fully saturated rings. The van der Waals surface area contributed by atoms with Gasteiger partial charge in [-0.15, -0.1) is 0 Å². The Kier molecular flexibility index (Phi) is 3.51. The summed E-state index contributed by atoms with van der Waals surface area (Å²) in [6, 6.07) is 1.53. The Morgan fingerprint density at radius 3 is 3.08 bits per heavy atom. The Bertz CT molecular complexity index is 306. The summed E-state index contributed by atoms with van der Waals surface area (Å²) in [4.78, 5) is 18.5. The first-order valence-electron chi connectivity index (χ1n) is 3.53. The van der Waals surface area contributed by atoms with Crippen LogP contribution in [0.15, 0.2) is 12.4 Å². The number of anilines is 1. The third-order valence-corrected chi connectivity index (χ3v) is 1.55. The maximum Gasteiger partial charge on any atom is 0.235 e. The van der Waals surface area contributed by atoms with E-state index in [1.54, 1.807) is 0 Å². The van der Waals surface area contributed by atoms with Crippen molar-refractivity contribution >= 4 is 24.4 Å². The second-order valence-electron chi connectivity index (χ2n) is 2.15. The van der Waals surface area contributed by atoms with Crippen LogP contribution in [-0.4, -0.2) is 28.7 Å². The van der Waals surface area contributed by atoms with Crippen LogP contribution in [0, 0.1) is 0 Å². The Morgan fingerprint density at radius 2 is 2.46 bits per heavy atom. The first kappa shape index (κ1) is 9.79. The predicted octanol–water partition coefficient (Wildman–Crippen LogP) is 0.353. The van der Waals surface area contributed by atoms with Crippen molar-refractivity contribution in [3.63, 3.8) is 0 Å². The summed E-state index contributed by atoms with van der Waals surface area (Å²) in [5, 5.41) is 2.52. The van der Waals surface area contributed by atoms with Crippen LogP contribution in [-0.2, 0) is 4.79 Å². The number of ether oxygens (including phenoxy) is 1. The number of aromatic nitrogens is 2. The van der Waals surface area contributed by atoms with E-state index in [2.05, 4.69) is 27.9 Å². The molecule has 1 rings (SSSR count). The van der Waals surface area contributed by atoms with Crippen LogP contribution in [0.25, 0.3) is 0 Å². The Hall–Kier alpha value is -1.30. The molecule has 13 heavy (non-hydrogen) atoms. The average molecular weight is 199 g/mol. The topological polar surface area (TPSA) is 64.1 Å². The van der Waals surface area contributed by atoms with Crippen molar-refractivity contribution in [2.45, 2.75) is 0 Å². The Morgan fingerprint density at radius 1 is 1.69 bits per heavy atom. The molecule has 0 bridgehead atoms. The van der Waals surface area contributed by atoms with Gasteiger partial charge in [-0.1, -0.05) is 0 Å². The van der Waals surface area contributed by atoms with Gasteiger partial charge in [-0.2, -0.15) is 12.6 Å². The van der Waals surface area contributed by atoms with Gasteiger partial charge < -0.3 is 10.1 Å². The van der Waals surface area contributed by atoms with Gasteiger partial charge >= 0.3 is 0 Å². The zero-order valence-electron chi connectivity index (χ0n) is 7.02. The maximum absolute atomic E-state index is 10.9. The molecule has 0 aromatic carbocycles. The molecule has 1 amide bonds. The summed E-state index contributed by atoms with van der Waals surface area (Å²) in [6.07, 6.45) is 1.31. The highest BCUT2D eigenvalue weighted by molar-refractivity contribution is 7.81. The minimum atomic E-state index is -0.218. The number of amides is 1. The summed E-state index contributed by atoms with van der Waals surface area (Å²) < 4.78 is 4.85. The van der Waals surface area contributed by atoms with Gasteiger partial charge in [0.05, 0.1) is 12.9 Å². The molecular weight excluding hydrogens is 190 g/mol. The molecule has 6 heteroatoms. The maximum atomic E-state index is 10.9. The zero-order chi connectivity index (χ0) is 9.68. The molecule has 0 atom stereocenters. The lowest BCUT2D eigenvalue weighted by molar-refractivity contribution is -0.113. The quantitative estimate of drug-likeness (QED) is 0.690. The standard InChI is InChI=1S/C7H9N3O2S/c1-12-7-2-5(8-4-9-7)10-6(11)3-13/h2,4,13H,3H2,1H3,(H,8,9,10,11). The smallest absolute Gasteiger partial charge is 0.235 e. The summed E-state index contributed by atoms with van der Waals surface area (Å²) in [6.45, 7) is 0. The van der Waals surface area contributed by atoms with Gasteiger partial charge in [0, 0.05) is 6.07 Å². The van der Waals surface area contributed by atoms with E-state index in [0.29, 0.717) is 11.7 Å². The number of hydrogen-bond acceptors (Lipinski definition) is 5. The number of carbonyl (C=O) groups excluding carboxylic acids is 1. The van der Waals surface area contributed by atoms with E-state index in [1.165, 1.54) is 19.5 Å². The molecule has 5 nitrogen and oxygen atoms in total. The molecule has 0 aliphatic carbocycles. The van der Waals surface area contributed by atoms with E-state index >= 15 is 0 Å². The fraction of sp³-hybridized carbons (Fsp3) is 0.286. The van der Waals surface area contributed by atoms with Crippen LogP contribution in [0.5, 0.6) is 5.88 Å². The number of methoxy groups -OCH3 is 1. The molecule has 0 saturated carbocycles. The summed E-state index contributed by atoms with van der Waals surface area (Å²) in [5.41, 5.74) is 0. The van der Waals surface area contributed by atoms with Crippen LogP contribution < -0.4 is 10.1 Å². The lowest BCUT2D eigenvalue weighted by Crippen LogP contribution is -2.13. The second kappa shape index (κ2) is 4.66. The lowest BCUT2D eigenvalue weighted by atomic mass is 10.5. The van der Waals surface area contributed by atoms with Crippen molar-refractivity contribution in [3.8, 4) is 5.88 Å². The van der Waals surface area contributed by atoms with Gasteiger partial charge in [0.15, 0.2) is 0 Å². The van der Waals surface area contributed by atoms with Crippen molar-refractivity contribution in [3.05, 3.63) is 12.4 Å². The summed E-state index contributed by atoms with van der Waals surface area (Å²) >= 11 is 3.81. The molecule has 0 aliphatic heterocycles. The number of thiol groups is 1. The SMILES string of the molecule is COc1cc(NC(=O)CS)ncn1. The zero-order valence-corrected chi connectivity index (χ0v) is 7.91. The second-order valence-corrected chi connectivity index (χ2v) is 2.47. The number of rotatable bonds is 3. The van der Waals surface area contributed by atoms with Gasteiger partial charge in [0.2, 0.25) is 11.8 Å². The van der Waals surface area contributed by atoms with E-state index in [-0.39, 0.29) is 11.7 Å². The van der Waals surface area contributed by atoms with Gasteiger partial charge in [0.25, 0.3) is 0 Å². The van der Waals surface area contributed by atoms with Crippen LogP contribution in [0.2, 0.25) is 0 Å². The van der Waals surface area contributed by atoms with Crippen molar-refractivity contribution in [2.24, 2.45) is 0 Å². The minimum absolute atomic E-state index is 0.117. The van der Waals surface area contributed by atoms with Crippen molar-refractivity contribution < 1.29 is 9.53 Å². The summed E-state index contributed by atoms with van der Waals surface area (Å²) in [7, 11) is 1.49. The first-order chi connectivity index (χ1) is 6.26. The van der Waals surface area contributed by atoms with E-state index in [9.17, 15) is 4.79 Å². The van der Waals surface area contributed by atoms with E-state index < -0.39 is 0 Å². The monoisotopic (exact) mass is 199 g/mol. The van der Waals surface area contributed by atoms with E-state index in [4.69, 9.17) is 4.74 Å². The molecule has 0 saturated heterocycles. The Balaban J connectivity index is 2.71. The number of nitrogens with one attached hydrogen (secondary N) is 1. The molecule has 1 aromatic heterocycles. The number of hydrogen-bond donors (Lipinski definition) is 2. The molecular formula is C7H9N3O2S. The molecule has 1 heterocycles. The molecule has 0 aliphatic rings. The highest BCUT2D eigenvalue weighted by Crippen LogP contribution is 2.09. The third-order valence-electron chi connectivity index (χ3n) is 1.26. The first-order valence-corrected chi connectivity index (χ1v) is 4.16. The molecule has 70 valence electrons. The predicted molar refractivity (Wildman–Crippen MR) is 51.1 cm³/mol. The fourth-order valence-corrected chi connectivity index (χ4v) is 0.781. The molecule has 1 aromatic rings. The van der Waals surface area contributed by atoms with Gasteiger partial charge in [-0.3, -0.25) is 4.79 Å². The van der Waals surface area contributed by atoms with Crippen LogP contribution in [0.4, 0.5) is 5.82 Å². The normalized spacial score (nSPS) is 9.38. The highest BCUT2D eigenvalue weighted by Gasteiger charge is 2.01. The summed E-state index contributed by atoms with van der Waals surface area (Å²) in [5.74, 6) is 0.714. The van der Waals surface area contributed by atoms with E-state index in [0.717, 1.165) is 0 Å². The van der Waals surface area contributed by atoms with Crippen molar-refractivity contribution in [1.82, 2.24) is 9.97 Å². The highest BCUT2D eigenvalue weighted by atomic mass is 32.1. The van der Waals surface area contributed by atoms with Gasteiger partial charge in [-0.25, -0.2) is 9.97 Å².